The number of rotatable bonds is 10. The van der Waals surface area contributed by atoms with Gasteiger partial charge in [0.25, 0.3) is 0 Å². The van der Waals surface area contributed by atoms with E-state index in [0.29, 0.717) is 5.92 Å². The molecule has 0 amide bonds. The van der Waals surface area contributed by atoms with Gasteiger partial charge in [-0.2, -0.15) is 0 Å². The number of nitrogens with one attached hydrogen (secondary N) is 1. The Morgan fingerprint density at radius 1 is 1.00 bits per heavy atom. The molecule has 0 saturated carbocycles. The maximum absolute atomic E-state index is 5.27. The van der Waals surface area contributed by atoms with E-state index in [1.807, 2.05) is 0 Å². The van der Waals surface area contributed by atoms with Crippen molar-refractivity contribution < 1.29 is 4.84 Å². The van der Waals surface area contributed by atoms with Crippen molar-refractivity contribution in [3.63, 3.8) is 0 Å². The maximum Gasteiger partial charge on any atom is 0.0705 e. The van der Waals surface area contributed by atoms with Crippen molar-refractivity contribution >= 4 is 0 Å². The van der Waals surface area contributed by atoms with Crippen molar-refractivity contribution in [3.05, 3.63) is 0 Å². The molecule has 14 heavy (non-hydrogen) atoms. The Bertz CT molecular complexity index is 104. The van der Waals surface area contributed by atoms with E-state index >= 15 is 0 Å². The van der Waals surface area contributed by atoms with E-state index in [1.54, 1.807) is 0 Å². The maximum atomic E-state index is 5.27. The molecule has 0 spiro atoms. The van der Waals surface area contributed by atoms with Gasteiger partial charge in [0, 0.05) is 6.54 Å². The zero-order chi connectivity index (χ0) is 10.6. The second-order valence-corrected chi connectivity index (χ2v) is 4.37. The van der Waals surface area contributed by atoms with Gasteiger partial charge >= 0.3 is 0 Å². The van der Waals surface area contributed by atoms with Gasteiger partial charge in [-0.3, -0.25) is 0 Å². The molecule has 86 valence electrons. The normalized spacial score (nSPS) is 11.1. The van der Waals surface area contributed by atoms with Crippen LogP contribution >= 0.6 is 0 Å². The van der Waals surface area contributed by atoms with Crippen molar-refractivity contribution in [2.24, 2.45) is 5.92 Å². The van der Waals surface area contributed by atoms with Gasteiger partial charge in [-0.1, -0.05) is 52.9 Å². The molecule has 0 heterocycles. The highest BCUT2D eigenvalue weighted by atomic mass is 16.6. The van der Waals surface area contributed by atoms with Crippen molar-refractivity contribution in [2.75, 3.05) is 13.2 Å². The van der Waals surface area contributed by atoms with Crippen LogP contribution in [-0.4, -0.2) is 13.2 Å². The smallest absolute Gasteiger partial charge is 0.0705 e. The zero-order valence-corrected chi connectivity index (χ0v) is 10.1. The molecule has 0 fully saturated rings. The van der Waals surface area contributed by atoms with E-state index in [9.17, 15) is 0 Å². The summed E-state index contributed by atoms with van der Waals surface area (Å²) < 4.78 is 0. The third kappa shape index (κ3) is 11.9. The average molecular weight is 201 g/mol. The molecule has 0 aromatic heterocycles. The Morgan fingerprint density at radius 2 is 1.64 bits per heavy atom. The van der Waals surface area contributed by atoms with Crippen molar-refractivity contribution in [1.82, 2.24) is 5.48 Å². The molecule has 0 aliphatic heterocycles. The fraction of sp³-hybridized carbons (Fsp3) is 1.00. The second kappa shape index (κ2) is 11.0. The summed E-state index contributed by atoms with van der Waals surface area (Å²) in [6, 6.07) is 0. The lowest BCUT2D eigenvalue weighted by molar-refractivity contribution is 0.0232. The van der Waals surface area contributed by atoms with Gasteiger partial charge in [-0.15, -0.1) is 0 Å². The average Bonchev–Trinajstić information content (AvgIpc) is 2.15. The fourth-order valence-corrected chi connectivity index (χ4v) is 1.28. The lowest BCUT2D eigenvalue weighted by atomic mass is 10.1. The molecular weight excluding hydrogens is 174 g/mol. The third-order valence-electron chi connectivity index (χ3n) is 2.15. The Labute approximate surface area is 89.4 Å². The molecule has 0 aromatic carbocycles. The van der Waals surface area contributed by atoms with Crippen molar-refractivity contribution in [3.8, 4) is 0 Å². The molecule has 0 unspecified atom stereocenters. The predicted molar refractivity (Wildman–Crippen MR) is 62.2 cm³/mol. The molecule has 2 nitrogen and oxygen atoms in total. The highest BCUT2D eigenvalue weighted by Crippen LogP contribution is 2.03. The van der Waals surface area contributed by atoms with E-state index < -0.39 is 0 Å². The van der Waals surface area contributed by atoms with Crippen LogP contribution in [0.2, 0.25) is 0 Å². The Hall–Kier alpha value is -0.0800. The quantitative estimate of drug-likeness (QED) is 0.431. The molecule has 0 saturated heterocycles. The van der Waals surface area contributed by atoms with Crippen LogP contribution in [0.4, 0.5) is 0 Å². The van der Waals surface area contributed by atoms with Crippen LogP contribution in [0.25, 0.3) is 0 Å². The fourth-order valence-electron chi connectivity index (χ4n) is 1.28. The molecule has 0 aliphatic rings. The van der Waals surface area contributed by atoms with Crippen LogP contribution in [0.15, 0.2) is 0 Å². The monoisotopic (exact) mass is 201 g/mol. The topological polar surface area (TPSA) is 21.3 Å². The summed E-state index contributed by atoms with van der Waals surface area (Å²) in [5.41, 5.74) is 3.01. The van der Waals surface area contributed by atoms with E-state index in [-0.39, 0.29) is 0 Å². The van der Waals surface area contributed by atoms with Gasteiger partial charge in [-0.05, 0) is 12.3 Å². The van der Waals surface area contributed by atoms with Crippen LogP contribution in [0.5, 0.6) is 0 Å². The highest BCUT2D eigenvalue weighted by Gasteiger charge is 1.93. The first-order chi connectivity index (χ1) is 6.77. The summed E-state index contributed by atoms with van der Waals surface area (Å²) in [5.74, 6) is 0.618. The Balaban J connectivity index is 2.85. The summed E-state index contributed by atoms with van der Waals surface area (Å²) >= 11 is 0. The Kier molecular flexibility index (Phi) is 10.9. The molecule has 2 heteroatoms. The molecule has 0 atom stereocenters. The van der Waals surface area contributed by atoms with Gasteiger partial charge in [0.15, 0.2) is 0 Å². The van der Waals surface area contributed by atoms with Crippen molar-refractivity contribution in [2.45, 2.75) is 59.3 Å². The van der Waals surface area contributed by atoms with Gasteiger partial charge in [0.1, 0.15) is 0 Å². The number of unbranched alkanes of at least 4 members (excludes halogenated alkanes) is 5. The van der Waals surface area contributed by atoms with Gasteiger partial charge < -0.3 is 4.84 Å². The van der Waals surface area contributed by atoms with E-state index in [1.165, 1.54) is 38.5 Å². The van der Waals surface area contributed by atoms with Crippen LogP contribution in [-0.2, 0) is 4.84 Å². The van der Waals surface area contributed by atoms with Crippen molar-refractivity contribution in [1.29, 1.82) is 0 Å². The summed E-state index contributed by atoms with van der Waals surface area (Å²) in [5, 5.41) is 0. The summed E-state index contributed by atoms with van der Waals surface area (Å²) in [6.07, 6.45) is 8.05. The summed E-state index contributed by atoms with van der Waals surface area (Å²) in [6.45, 7) is 8.38. The van der Waals surface area contributed by atoms with Crippen LogP contribution in [0, 0.1) is 5.92 Å². The van der Waals surface area contributed by atoms with Gasteiger partial charge in [0.2, 0.25) is 0 Å². The molecule has 0 bridgehead atoms. The van der Waals surface area contributed by atoms with E-state index in [0.717, 1.165) is 13.2 Å². The molecule has 0 aromatic rings. The van der Waals surface area contributed by atoms with E-state index in [4.69, 9.17) is 4.84 Å². The minimum absolute atomic E-state index is 0.618. The molecule has 0 rings (SSSR count). The standard InChI is InChI=1S/C12H27NO/c1-4-5-6-7-8-9-10-13-14-11-12(2)3/h12-13H,4-11H2,1-3H3. The largest absolute Gasteiger partial charge is 0.302 e. The minimum atomic E-state index is 0.618. The predicted octanol–water partition coefficient (Wildman–Crippen LogP) is 3.52. The first-order valence-corrected chi connectivity index (χ1v) is 6.12. The third-order valence-corrected chi connectivity index (χ3v) is 2.15. The van der Waals surface area contributed by atoms with Gasteiger partial charge in [-0.25, -0.2) is 5.48 Å². The zero-order valence-electron chi connectivity index (χ0n) is 10.1. The Morgan fingerprint density at radius 3 is 2.29 bits per heavy atom. The number of hydrogen-bond donors (Lipinski definition) is 1. The molecule has 0 radical (unpaired) electrons. The summed E-state index contributed by atoms with van der Waals surface area (Å²) in [7, 11) is 0. The van der Waals surface area contributed by atoms with Crippen LogP contribution in [0.3, 0.4) is 0 Å². The molecule has 0 aliphatic carbocycles. The minimum Gasteiger partial charge on any atom is -0.302 e. The highest BCUT2D eigenvalue weighted by molar-refractivity contribution is 4.45. The van der Waals surface area contributed by atoms with Crippen LogP contribution < -0.4 is 5.48 Å². The first-order valence-electron chi connectivity index (χ1n) is 6.12. The number of hydroxylamine groups is 1. The van der Waals surface area contributed by atoms with Crippen LogP contribution in [0.1, 0.15) is 59.3 Å². The van der Waals surface area contributed by atoms with E-state index in [2.05, 4.69) is 26.3 Å². The van der Waals surface area contributed by atoms with Gasteiger partial charge in [0.05, 0.1) is 6.61 Å². The molecular formula is C12H27NO. The summed E-state index contributed by atoms with van der Waals surface area (Å²) in [4.78, 5) is 5.27. The lowest BCUT2D eigenvalue weighted by Crippen LogP contribution is -2.18. The number of hydrogen-bond acceptors (Lipinski definition) is 2. The first kappa shape index (κ1) is 13.9. The SMILES string of the molecule is CCCCCCCCNOCC(C)C. The second-order valence-electron chi connectivity index (χ2n) is 4.37. The molecule has 1 N–H and O–H groups in total. The lowest BCUT2D eigenvalue weighted by Gasteiger charge is -2.07.